The van der Waals surface area contributed by atoms with Crippen molar-refractivity contribution in [2.45, 2.75) is 12.8 Å². The zero-order valence-electron chi connectivity index (χ0n) is 16.4. The quantitative estimate of drug-likeness (QED) is 0.439. The first-order valence-corrected chi connectivity index (χ1v) is 9.63. The summed E-state index contributed by atoms with van der Waals surface area (Å²) in [4.78, 5) is 2.18. The summed E-state index contributed by atoms with van der Waals surface area (Å²) in [5.41, 5.74) is 9.16. The first kappa shape index (κ1) is 18.1. The van der Waals surface area contributed by atoms with E-state index in [1.54, 1.807) is 0 Å². The number of hydrazone groups is 1. The third-order valence-corrected chi connectivity index (χ3v) is 5.04. The third kappa shape index (κ3) is 3.99. The Bertz CT molecular complexity index is 1060. The van der Waals surface area contributed by atoms with Crippen molar-refractivity contribution in [3.05, 3.63) is 102 Å². The number of hydrogen-bond donors (Lipinski definition) is 1. The zero-order valence-corrected chi connectivity index (χ0v) is 16.4. The Morgan fingerprint density at radius 1 is 0.929 bits per heavy atom. The van der Waals surface area contributed by atoms with Gasteiger partial charge in [-0.05, 0) is 46.5 Å². The Labute approximate surface area is 166 Å². The normalized spacial score (nSPS) is 14.0. The highest BCUT2D eigenvalue weighted by Gasteiger charge is 2.15. The van der Waals surface area contributed by atoms with Crippen molar-refractivity contribution in [2.24, 2.45) is 5.10 Å². The lowest BCUT2D eigenvalue weighted by atomic mass is 10.0. The summed E-state index contributed by atoms with van der Waals surface area (Å²) in [5.74, 6) is 0. The van der Waals surface area contributed by atoms with E-state index >= 15 is 0 Å². The minimum atomic E-state index is 0.825. The summed E-state index contributed by atoms with van der Waals surface area (Å²) in [6.45, 7) is 0. The molecule has 3 aromatic carbocycles. The van der Waals surface area contributed by atoms with E-state index in [2.05, 4.69) is 103 Å². The zero-order chi connectivity index (χ0) is 19.3. The fourth-order valence-electron chi connectivity index (χ4n) is 3.59. The van der Waals surface area contributed by atoms with Gasteiger partial charge in [0.25, 0.3) is 0 Å². The van der Waals surface area contributed by atoms with Crippen LogP contribution in [-0.2, 0) is 0 Å². The van der Waals surface area contributed by atoms with E-state index in [0.717, 1.165) is 29.8 Å². The van der Waals surface area contributed by atoms with Gasteiger partial charge in [0.2, 0.25) is 0 Å². The van der Waals surface area contributed by atoms with Crippen LogP contribution in [0.5, 0.6) is 0 Å². The second kappa shape index (κ2) is 8.13. The standard InChI is InChI=1S/C25H25N3/c1-28(2)25-14-8-13-22(25)18-24(20-10-4-3-5-11-20)27-26-23-16-15-19-9-6-7-12-21(19)17-23/h3-12,14-17,26H,13,18H2,1-2H3. The molecule has 0 heterocycles. The molecule has 0 bridgehead atoms. The van der Waals surface area contributed by atoms with Crippen molar-refractivity contribution in [2.75, 3.05) is 19.5 Å². The Hall–Kier alpha value is -3.33. The molecule has 1 aliphatic rings. The molecule has 0 spiro atoms. The predicted octanol–water partition coefficient (Wildman–Crippen LogP) is 5.82. The van der Waals surface area contributed by atoms with Crippen LogP contribution in [0.3, 0.4) is 0 Å². The van der Waals surface area contributed by atoms with E-state index in [-0.39, 0.29) is 0 Å². The summed E-state index contributed by atoms with van der Waals surface area (Å²) < 4.78 is 0. The molecule has 0 atom stereocenters. The van der Waals surface area contributed by atoms with E-state index in [4.69, 9.17) is 5.10 Å². The molecule has 3 nitrogen and oxygen atoms in total. The molecule has 0 aliphatic heterocycles. The van der Waals surface area contributed by atoms with Crippen LogP contribution in [0, 0.1) is 0 Å². The van der Waals surface area contributed by atoms with Crippen molar-refractivity contribution in [3.8, 4) is 0 Å². The van der Waals surface area contributed by atoms with Gasteiger partial charge in [-0.1, -0.05) is 66.7 Å². The van der Waals surface area contributed by atoms with Crippen molar-refractivity contribution in [1.82, 2.24) is 4.90 Å². The molecule has 0 aromatic heterocycles. The van der Waals surface area contributed by atoms with Crippen LogP contribution in [0.2, 0.25) is 0 Å². The van der Waals surface area contributed by atoms with Crippen LogP contribution in [-0.4, -0.2) is 24.7 Å². The molecule has 3 heteroatoms. The first-order chi connectivity index (χ1) is 13.7. The molecule has 3 aromatic rings. The number of nitrogens with zero attached hydrogens (tertiary/aromatic N) is 2. The SMILES string of the molecule is CN(C)C1=C(CC(=NNc2ccc3ccccc3c2)c2ccccc2)CC=C1. The van der Waals surface area contributed by atoms with Crippen LogP contribution in [0.25, 0.3) is 10.8 Å². The van der Waals surface area contributed by atoms with E-state index in [1.807, 2.05) is 6.07 Å². The largest absolute Gasteiger partial charge is 0.378 e. The number of likely N-dealkylation sites (N-methyl/N-ethyl adjacent to an activating group) is 1. The molecular weight excluding hydrogens is 342 g/mol. The highest BCUT2D eigenvalue weighted by Crippen LogP contribution is 2.26. The van der Waals surface area contributed by atoms with Crippen LogP contribution < -0.4 is 5.43 Å². The highest BCUT2D eigenvalue weighted by molar-refractivity contribution is 6.02. The maximum Gasteiger partial charge on any atom is 0.0720 e. The van der Waals surface area contributed by atoms with Gasteiger partial charge in [-0.3, -0.25) is 5.43 Å². The van der Waals surface area contributed by atoms with Crippen molar-refractivity contribution in [1.29, 1.82) is 0 Å². The summed E-state index contributed by atoms with van der Waals surface area (Å²) in [6, 6.07) is 25.1. The molecule has 0 saturated carbocycles. The van der Waals surface area contributed by atoms with E-state index < -0.39 is 0 Å². The van der Waals surface area contributed by atoms with Gasteiger partial charge in [-0.15, -0.1) is 0 Å². The van der Waals surface area contributed by atoms with E-state index in [9.17, 15) is 0 Å². The van der Waals surface area contributed by atoms with Gasteiger partial charge < -0.3 is 4.90 Å². The van der Waals surface area contributed by atoms with Crippen LogP contribution in [0.1, 0.15) is 18.4 Å². The van der Waals surface area contributed by atoms with Gasteiger partial charge in [0.05, 0.1) is 11.4 Å². The number of benzene rings is 3. The number of rotatable bonds is 6. The number of hydrogen-bond acceptors (Lipinski definition) is 3. The lowest BCUT2D eigenvalue weighted by Gasteiger charge is -2.17. The molecule has 4 rings (SSSR count). The molecule has 0 amide bonds. The summed E-state index contributed by atoms with van der Waals surface area (Å²) >= 11 is 0. The second-order valence-corrected chi connectivity index (χ2v) is 7.26. The van der Waals surface area contributed by atoms with Gasteiger partial charge in [-0.2, -0.15) is 5.10 Å². The van der Waals surface area contributed by atoms with Crippen molar-refractivity contribution < 1.29 is 0 Å². The van der Waals surface area contributed by atoms with Gasteiger partial charge >= 0.3 is 0 Å². The summed E-state index contributed by atoms with van der Waals surface area (Å²) in [5, 5.41) is 7.26. The lowest BCUT2D eigenvalue weighted by molar-refractivity contribution is 0.524. The Morgan fingerprint density at radius 2 is 1.68 bits per heavy atom. The molecule has 0 fully saturated rings. The van der Waals surface area contributed by atoms with Crippen LogP contribution in [0.4, 0.5) is 5.69 Å². The predicted molar refractivity (Wildman–Crippen MR) is 120 cm³/mol. The second-order valence-electron chi connectivity index (χ2n) is 7.26. The average Bonchev–Trinajstić information content (AvgIpc) is 3.20. The Morgan fingerprint density at radius 3 is 2.46 bits per heavy atom. The lowest BCUT2D eigenvalue weighted by Crippen LogP contribution is -2.13. The molecule has 1 N–H and O–H groups in total. The van der Waals surface area contributed by atoms with Gasteiger partial charge in [0, 0.05) is 26.2 Å². The minimum absolute atomic E-state index is 0.825. The van der Waals surface area contributed by atoms with E-state index in [1.165, 1.54) is 22.0 Å². The maximum absolute atomic E-state index is 4.81. The molecule has 0 unspecified atom stereocenters. The summed E-state index contributed by atoms with van der Waals surface area (Å²) in [7, 11) is 4.19. The van der Waals surface area contributed by atoms with Gasteiger partial charge in [0.15, 0.2) is 0 Å². The Kier molecular flexibility index (Phi) is 5.24. The molecule has 1 aliphatic carbocycles. The molecule has 28 heavy (non-hydrogen) atoms. The minimum Gasteiger partial charge on any atom is -0.378 e. The Balaban J connectivity index is 1.64. The van der Waals surface area contributed by atoms with Gasteiger partial charge in [-0.25, -0.2) is 0 Å². The monoisotopic (exact) mass is 367 g/mol. The average molecular weight is 367 g/mol. The highest BCUT2D eigenvalue weighted by atomic mass is 15.3. The third-order valence-electron chi connectivity index (χ3n) is 5.04. The number of anilines is 1. The van der Waals surface area contributed by atoms with Crippen LogP contribution in [0.15, 0.2) is 101 Å². The smallest absolute Gasteiger partial charge is 0.0720 e. The first-order valence-electron chi connectivity index (χ1n) is 9.63. The topological polar surface area (TPSA) is 27.6 Å². The fourth-order valence-corrected chi connectivity index (χ4v) is 3.59. The van der Waals surface area contributed by atoms with E-state index in [0.29, 0.717) is 0 Å². The van der Waals surface area contributed by atoms with Crippen molar-refractivity contribution >= 4 is 22.2 Å². The maximum atomic E-state index is 4.81. The molecule has 0 radical (unpaired) electrons. The molecular formula is C25H25N3. The fraction of sp³-hybridized carbons (Fsp3) is 0.160. The van der Waals surface area contributed by atoms with Crippen molar-refractivity contribution in [3.63, 3.8) is 0 Å². The number of fused-ring (bicyclic) bond motifs is 1. The summed E-state index contributed by atoms with van der Waals surface area (Å²) in [6.07, 6.45) is 6.24. The van der Waals surface area contributed by atoms with Crippen LogP contribution >= 0.6 is 0 Å². The van der Waals surface area contributed by atoms with Gasteiger partial charge in [0.1, 0.15) is 0 Å². The number of allylic oxidation sites excluding steroid dienone is 3. The number of nitrogens with one attached hydrogen (secondary N) is 1. The molecule has 0 saturated heterocycles. The molecule has 140 valence electrons.